The van der Waals surface area contributed by atoms with Crippen molar-refractivity contribution in [2.45, 2.75) is 37.5 Å². The number of aliphatic hydroxyl groups is 1. The third-order valence-corrected chi connectivity index (χ3v) is 2.28. The summed E-state index contributed by atoms with van der Waals surface area (Å²) >= 11 is 0. The average Bonchev–Trinajstić information content (AvgIpc) is 2.49. The number of hydrogen-bond donors (Lipinski definition) is 1. The van der Waals surface area contributed by atoms with Crippen molar-refractivity contribution in [1.82, 2.24) is 0 Å². The predicted octanol–water partition coefficient (Wildman–Crippen LogP) is 3.00. The Balaban J connectivity index is 2.97. The average molecular weight is 216 g/mol. The molecule has 0 amide bonds. The van der Waals surface area contributed by atoms with E-state index in [0.717, 1.165) is 0 Å². The third-order valence-electron chi connectivity index (χ3n) is 2.28. The van der Waals surface area contributed by atoms with Gasteiger partial charge in [0.15, 0.2) is 5.83 Å². The summed E-state index contributed by atoms with van der Waals surface area (Å²) in [6.45, 7) is 0. The number of halogens is 5. The first kappa shape index (κ1) is 11.4. The van der Waals surface area contributed by atoms with E-state index >= 15 is 0 Å². The molecule has 6 heteroatoms. The number of rotatable bonds is 1. The fourth-order valence-electron chi connectivity index (χ4n) is 1.51. The highest BCUT2D eigenvalue weighted by molar-refractivity contribution is 5.18. The molecular weight excluding hydrogens is 207 g/mol. The molecule has 0 spiro atoms. The molecule has 0 saturated heterocycles. The van der Waals surface area contributed by atoms with Crippen LogP contribution in [0.25, 0.3) is 0 Å². The molecule has 0 heterocycles. The highest BCUT2D eigenvalue weighted by atomic mass is 19.4. The van der Waals surface area contributed by atoms with Gasteiger partial charge in [0.1, 0.15) is 5.60 Å². The van der Waals surface area contributed by atoms with Gasteiger partial charge in [0.05, 0.1) is 0 Å². The van der Waals surface area contributed by atoms with E-state index in [1.165, 1.54) is 0 Å². The third kappa shape index (κ3) is 2.05. The summed E-state index contributed by atoms with van der Waals surface area (Å²) in [5.74, 6) is -4.90. The van der Waals surface area contributed by atoms with E-state index in [1.54, 1.807) is 0 Å². The predicted molar refractivity (Wildman–Crippen MR) is 38.7 cm³/mol. The smallest absolute Gasteiger partial charge is 0.383 e. The number of alkyl halides is 3. The van der Waals surface area contributed by atoms with Crippen LogP contribution in [0, 0.1) is 0 Å². The summed E-state index contributed by atoms with van der Waals surface area (Å²) < 4.78 is 60.6. The molecule has 1 nitrogen and oxygen atoms in total. The molecule has 1 N–H and O–H groups in total. The van der Waals surface area contributed by atoms with Crippen molar-refractivity contribution >= 4 is 0 Å². The highest BCUT2D eigenvalue weighted by Gasteiger charge is 2.46. The van der Waals surface area contributed by atoms with Gasteiger partial charge in [0.2, 0.25) is 5.83 Å². The highest BCUT2D eigenvalue weighted by Crippen LogP contribution is 2.41. The first-order chi connectivity index (χ1) is 6.27. The van der Waals surface area contributed by atoms with Crippen LogP contribution in [0.2, 0.25) is 0 Å². The summed E-state index contributed by atoms with van der Waals surface area (Å²) in [5.41, 5.74) is -2.25. The van der Waals surface area contributed by atoms with E-state index in [2.05, 4.69) is 0 Å². The van der Waals surface area contributed by atoms with Crippen LogP contribution < -0.4 is 0 Å². The molecule has 1 aliphatic rings. The van der Waals surface area contributed by atoms with Crippen LogP contribution >= 0.6 is 0 Å². The Bertz CT molecular complexity index is 249. The Morgan fingerprint density at radius 3 is 1.86 bits per heavy atom. The van der Waals surface area contributed by atoms with E-state index < -0.39 is 23.4 Å². The Morgan fingerprint density at radius 2 is 1.50 bits per heavy atom. The molecule has 14 heavy (non-hydrogen) atoms. The maximum absolute atomic E-state index is 12.9. The fourth-order valence-corrected chi connectivity index (χ4v) is 1.51. The largest absolute Gasteiger partial charge is 0.445 e. The van der Waals surface area contributed by atoms with E-state index in [1.807, 2.05) is 0 Å². The lowest BCUT2D eigenvalue weighted by Crippen LogP contribution is -2.28. The summed E-state index contributed by atoms with van der Waals surface area (Å²) in [6, 6.07) is 0. The maximum atomic E-state index is 12.9. The topological polar surface area (TPSA) is 20.2 Å². The minimum Gasteiger partial charge on any atom is -0.383 e. The zero-order valence-corrected chi connectivity index (χ0v) is 7.17. The lowest BCUT2D eigenvalue weighted by atomic mass is 10.00. The van der Waals surface area contributed by atoms with Gasteiger partial charge >= 0.3 is 6.18 Å². The summed E-state index contributed by atoms with van der Waals surface area (Å²) in [6.07, 6.45) is -4.89. The SMILES string of the molecule is OC1(/C(F)=C(\F)C(F)(F)F)CCCC1. The molecule has 0 atom stereocenters. The fraction of sp³-hybridized carbons (Fsp3) is 0.750. The van der Waals surface area contributed by atoms with Gasteiger partial charge in [-0.2, -0.15) is 17.6 Å². The lowest BCUT2D eigenvalue weighted by Gasteiger charge is -2.20. The van der Waals surface area contributed by atoms with Gasteiger partial charge in [0.25, 0.3) is 0 Å². The Morgan fingerprint density at radius 1 is 1.07 bits per heavy atom. The van der Waals surface area contributed by atoms with E-state index in [-0.39, 0.29) is 12.8 Å². The first-order valence-electron chi connectivity index (χ1n) is 4.13. The molecule has 0 aromatic carbocycles. The summed E-state index contributed by atoms with van der Waals surface area (Å²) in [5, 5.41) is 9.32. The number of allylic oxidation sites excluding steroid dienone is 1. The second-order valence-electron chi connectivity index (χ2n) is 3.36. The maximum Gasteiger partial charge on any atom is 0.445 e. The van der Waals surface area contributed by atoms with Crippen molar-refractivity contribution < 1.29 is 27.1 Å². The standard InChI is InChI=1S/C8H9F5O/c9-5(6(10)8(11,12)13)7(14)3-1-2-4-7/h14H,1-4H2/b6-5+. The van der Waals surface area contributed by atoms with Gasteiger partial charge in [-0.05, 0) is 12.8 Å². The molecule has 1 rings (SSSR count). The molecule has 1 saturated carbocycles. The van der Waals surface area contributed by atoms with Gasteiger partial charge < -0.3 is 5.11 Å². The van der Waals surface area contributed by atoms with E-state index in [9.17, 15) is 27.1 Å². The van der Waals surface area contributed by atoms with Gasteiger partial charge in [-0.15, -0.1) is 0 Å². The Kier molecular flexibility index (Phi) is 2.85. The van der Waals surface area contributed by atoms with Crippen LogP contribution in [-0.2, 0) is 0 Å². The van der Waals surface area contributed by atoms with Crippen LogP contribution in [0.4, 0.5) is 22.0 Å². The molecule has 1 fully saturated rings. The van der Waals surface area contributed by atoms with Crippen LogP contribution in [0.1, 0.15) is 25.7 Å². The van der Waals surface area contributed by atoms with Crippen LogP contribution in [0.3, 0.4) is 0 Å². The molecule has 0 aliphatic heterocycles. The normalized spacial score (nSPS) is 23.6. The van der Waals surface area contributed by atoms with Crippen molar-refractivity contribution in [1.29, 1.82) is 0 Å². The Hall–Kier alpha value is -0.650. The van der Waals surface area contributed by atoms with Crippen molar-refractivity contribution in [3.05, 3.63) is 11.7 Å². The second kappa shape index (κ2) is 3.49. The monoisotopic (exact) mass is 216 g/mol. The van der Waals surface area contributed by atoms with E-state index in [0.29, 0.717) is 12.8 Å². The molecule has 1 aliphatic carbocycles. The van der Waals surface area contributed by atoms with Gasteiger partial charge in [-0.25, -0.2) is 4.39 Å². The van der Waals surface area contributed by atoms with Gasteiger partial charge in [-0.3, -0.25) is 0 Å². The van der Waals surface area contributed by atoms with Crippen molar-refractivity contribution in [3.63, 3.8) is 0 Å². The zero-order chi connectivity index (χ0) is 11.0. The molecule has 0 bridgehead atoms. The van der Waals surface area contributed by atoms with Gasteiger partial charge in [0, 0.05) is 0 Å². The van der Waals surface area contributed by atoms with Crippen molar-refractivity contribution in [3.8, 4) is 0 Å². The lowest BCUT2D eigenvalue weighted by molar-refractivity contribution is -0.115. The molecule has 82 valence electrons. The number of hydrogen-bond acceptors (Lipinski definition) is 1. The Labute approximate surface area is 77.2 Å². The van der Waals surface area contributed by atoms with Crippen LogP contribution in [0.5, 0.6) is 0 Å². The van der Waals surface area contributed by atoms with Gasteiger partial charge in [-0.1, -0.05) is 12.8 Å². The quantitative estimate of drug-likeness (QED) is 0.668. The van der Waals surface area contributed by atoms with Crippen LogP contribution in [-0.4, -0.2) is 16.9 Å². The minimum atomic E-state index is -5.36. The van der Waals surface area contributed by atoms with Crippen molar-refractivity contribution in [2.75, 3.05) is 0 Å². The molecule has 0 unspecified atom stereocenters. The summed E-state index contributed by atoms with van der Waals surface area (Å²) in [7, 11) is 0. The second-order valence-corrected chi connectivity index (χ2v) is 3.36. The molecular formula is C8H9F5O. The van der Waals surface area contributed by atoms with Crippen LogP contribution in [0.15, 0.2) is 11.7 Å². The minimum absolute atomic E-state index is 0.164. The first-order valence-corrected chi connectivity index (χ1v) is 4.13. The van der Waals surface area contributed by atoms with E-state index in [4.69, 9.17) is 0 Å². The molecule has 0 aromatic heterocycles. The van der Waals surface area contributed by atoms with Crippen molar-refractivity contribution in [2.24, 2.45) is 0 Å². The molecule has 0 radical (unpaired) electrons. The summed E-state index contributed by atoms with van der Waals surface area (Å²) in [4.78, 5) is 0. The zero-order valence-electron chi connectivity index (χ0n) is 7.17. The molecule has 0 aromatic rings.